The summed E-state index contributed by atoms with van der Waals surface area (Å²) in [5.74, 6) is -0.567. The Morgan fingerprint density at radius 2 is 1.76 bits per heavy atom. The molecule has 0 heterocycles. The van der Waals surface area contributed by atoms with Gasteiger partial charge in [-0.15, -0.1) is 0 Å². The number of hydrogen-bond acceptors (Lipinski definition) is 2. The van der Waals surface area contributed by atoms with E-state index in [1.54, 1.807) is 0 Å². The number of benzene rings is 2. The van der Waals surface area contributed by atoms with E-state index in [0.717, 1.165) is 29.2 Å². The van der Waals surface area contributed by atoms with Crippen LogP contribution in [0.1, 0.15) is 18.1 Å². The second-order valence-electron chi connectivity index (χ2n) is 4.61. The summed E-state index contributed by atoms with van der Waals surface area (Å²) in [6.07, 6.45) is 0. The molecule has 2 nitrogen and oxygen atoms in total. The molecule has 0 saturated heterocycles. The van der Waals surface area contributed by atoms with E-state index < -0.39 is 11.6 Å². The average molecular weight is 356 g/mol. The van der Waals surface area contributed by atoms with Crippen LogP contribution >= 0.6 is 15.9 Å². The lowest BCUT2D eigenvalue weighted by molar-refractivity contribution is 0.302. The molecule has 0 amide bonds. The molecule has 0 aliphatic carbocycles. The molecule has 0 bridgehead atoms. The first kappa shape index (κ1) is 15.9. The minimum Gasteiger partial charge on any atom is -0.488 e. The van der Waals surface area contributed by atoms with Crippen LogP contribution in [0.3, 0.4) is 0 Å². The molecule has 0 aliphatic rings. The fraction of sp³-hybridized carbons (Fsp3) is 0.250. The number of hydrogen-bond donors (Lipinski definition) is 1. The van der Waals surface area contributed by atoms with Gasteiger partial charge in [0.1, 0.15) is 24.0 Å². The zero-order chi connectivity index (χ0) is 15.2. The Morgan fingerprint density at radius 1 is 1.05 bits per heavy atom. The third-order valence-electron chi connectivity index (χ3n) is 2.89. The third kappa shape index (κ3) is 4.79. The molecular weight excluding hydrogens is 340 g/mol. The first-order chi connectivity index (χ1) is 10.1. The second-order valence-corrected chi connectivity index (χ2v) is 5.47. The van der Waals surface area contributed by atoms with Crippen LogP contribution < -0.4 is 10.1 Å². The Kier molecular flexibility index (Phi) is 5.70. The molecule has 112 valence electrons. The number of nitrogens with one attached hydrogen (secondary N) is 1. The normalized spacial score (nSPS) is 10.7. The van der Waals surface area contributed by atoms with Gasteiger partial charge in [0.15, 0.2) is 0 Å². The summed E-state index contributed by atoms with van der Waals surface area (Å²) < 4.78 is 32.6. The summed E-state index contributed by atoms with van der Waals surface area (Å²) >= 11 is 3.44. The Labute approximate surface area is 131 Å². The van der Waals surface area contributed by atoms with Gasteiger partial charge >= 0.3 is 0 Å². The van der Waals surface area contributed by atoms with E-state index in [2.05, 4.69) is 21.2 Å². The molecule has 0 radical (unpaired) electrons. The lowest BCUT2D eigenvalue weighted by Gasteiger charge is -2.10. The van der Waals surface area contributed by atoms with Gasteiger partial charge < -0.3 is 10.1 Å². The maximum atomic E-state index is 13.1. The standard InChI is InChI=1S/C16H16BrF2NO/c1-2-20-9-11-3-4-16(15(17)7-11)21-10-12-5-13(18)8-14(19)6-12/h3-8,20H,2,9-10H2,1H3. The van der Waals surface area contributed by atoms with Gasteiger partial charge in [-0.05, 0) is 57.9 Å². The molecule has 2 aromatic rings. The van der Waals surface area contributed by atoms with Crippen LogP contribution in [0.4, 0.5) is 8.78 Å². The predicted molar refractivity (Wildman–Crippen MR) is 82.2 cm³/mol. The van der Waals surface area contributed by atoms with Gasteiger partial charge in [0, 0.05) is 12.6 Å². The lowest BCUT2D eigenvalue weighted by Crippen LogP contribution is -2.11. The molecule has 0 aromatic heterocycles. The molecule has 2 rings (SSSR count). The smallest absolute Gasteiger partial charge is 0.134 e. The molecule has 1 N–H and O–H groups in total. The summed E-state index contributed by atoms with van der Waals surface area (Å²) in [5.41, 5.74) is 1.59. The molecule has 0 aliphatic heterocycles. The monoisotopic (exact) mass is 355 g/mol. The highest BCUT2D eigenvalue weighted by molar-refractivity contribution is 9.10. The molecule has 0 spiro atoms. The highest BCUT2D eigenvalue weighted by Crippen LogP contribution is 2.27. The van der Waals surface area contributed by atoms with E-state index in [-0.39, 0.29) is 6.61 Å². The van der Waals surface area contributed by atoms with Crippen molar-refractivity contribution in [1.29, 1.82) is 0 Å². The largest absolute Gasteiger partial charge is 0.488 e. The van der Waals surface area contributed by atoms with Crippen LogP contribution in [-0.4, -0.2) is 6.54 Å². The second kappa shape index (κ2) is 7.52. The summed E-state index contributed by atoms with van der Waals surface area (Å²) in [6.45, 7) is 3.84. The molecule has 2 aromatic carbocycles. The van der Waals surface area contributed by atoms with Crippen molar-refractivity contribution >= 4 is 15.9 Å². The first-order valence-electron chi connectivity index (χ1n) is 6.65. The van der Waals surface area contributed by atoms with Crippen molar-refractivity contribution < 1.29 is 13.5 Å². The van der Waals surface area contributed by atoms with Gasteiger partial charge in [-0.1, -0.05) is 13.0 Å². The van der Waals surface area contributed by atoms with Crippen molar-refractivity contribution in [2.24, 2.45) is 0 Å². The van der Waals surface area contributed by atoms with E-state index in [4.69, 9.17) is 4.74 Å². The quantitative estimate of drug-likeness (QED) is 0.828. The topological polar surface area (TPSA) is 21.3 Å². The number of rotatable bonds is 6. The van der Waals surface area contributed by atoms with Crippen molar-refractivity contribution in [3.8, 4) is 5.75 Å². The highest BCUT2D eigenvalue weighted by atomic mass is 79.9. The van der Waals surface area contributed by atoms with Crippen LogP contribution in [0.25, 0.3) is 0 Å². The zero-order valence-corrected chi connectivity index (χ0v) is 13.2. The van der Waals surface area contributed by atoms with Crippen molar-refractivity contribution in [2.45, 2.75) is 20.1 Å². The van der Waals surface area contributed by atoms with E-state index >= 15 is 0 Å². The average Bonchev–Trinajstić information content (AvgIpc) is 2.43. The molecule has 0 atom stereocenters. The van der Waals surface area contributed by atoms with Crippen LogP contribution in [0.2, 0.25) is 0 Å². The van der Waals surface area contributed by atoms with Crippen LogP contribution in [0.15, 0.2) is 40.9 Å². The Bertz CT molecular complexity index is 599. The lowest BCUT2D eigenvalue weighted by atomic mass is 10.2. The molecular formula is C16H16BrF2NO. The van der Waals surface area contributed by atoms with E-state index in [1.165, 1.54) is 12.1 Å². The fourth-order valence-corrected chi connectivity index (χ4v) is 2.44. The third-order valence-corrected chi connectivity index (χ3v) is 3.51. The highest BCUT2D eigenvalue weighted by Gasteiger charge is 2.05. The van der Waals surface area contributed by atoms with Crippen LogP contribution in [-0.2, 0) is 13.2 Å². The van der Waals surface area contributed by atoms with Crippen molar-refractivity contribution in [3.63, 3.8) is 0 Å². The SMILES string of the molecule is CCNCc1ccc(OCc2cc(F)cc(F)c2)c(Br)c1. The predicted octanol–water partition coefficient (Wildman–Crippen LogP) is 4.42. The molecule has 0 saturated carbocycles. The number of halogens is 3. The van der Waals surface area contributed by atoms with Gasteiger partial charge in [0.05, 0.1) is 4.47 Å². The summed E-state index contributed by atoms with van der Waals surface area (Å²) in [6, 6.07) is 9.12. The van der Waals surface area contributed by atoms with Crippen LogP contribution in [0, 0.1) is 11.6 Å². The molecule has 0 unspecified atom stereocenters. The van der Waals surface area contributed by atoms with Gasteiger partial charge in [-0.2, -0.15) is 0 Å². The summed E-state index contributed by atoms with van der Waals surface area (Å²) in [7, 11) is 0. The van der Waals surface area contributed by atoms with Gasteiger partial charge in [0.2, 0.25) is 0 Å². The summed E-state index contributed by atoms with van der Waals surface area (Å²) in [5, 5.41) is 3.24. The Morgan fingerprint density at radius 3 is 2.38 bits per heavy atom. The summed E-state index contributed by atoms with van der Waals surface area (Å²) in [4.78, 5) is 0. The van der Waals surface area contributed by atoms with E-state index in [1.807, 2.05) is 25.1 Å². The zero-order valence-electron chi connectivity index (χ0n) is 11.6. The maximum Gasteiger partial charge on any atom is 0.134 e. The van der Waals surface area contributed by atoms with E-state index in [0.29, 0.717) is 11.3 Å². The van der Waals surface area contributed by atoms with Gasteiger partial charge in [0.25, 0.3) is 0 Å². The molecule has 21 heavy (non-hydrogen) atoms. The first-order valence-corrected chi connectivity index (χ1v) is 7.44. The number of ether oxygens (including phenoxy) is 1. The van der Waals surface area contributed by atoms with E-state index in [9.17, 15) is 8.78 Å². The van der Waals surface area contributed by atoms with Crippen molar-refractivity contribution in [3.05, 3.63) is 63.6 Å². The van der Waals surface area contributed by atoms with Crippen molar-refractivity contribution in [1.82, 2.24) is 5.32 Å². The minimum atomic E-state index is -0.603. The minimum absolute atomic E-state index is 0.111. The Balaban J connectivity index is 2.02. The maximum absolute atomic E-state index is 13.1. The van der Waals surface area contributed by atoms with Crippen LogP contribution in [0.5, 0.6) is 5.75 Å². The molecule has 0 fully saturated rings. The van der Waals surface area contributed by atoms with Gasteiger partial charge in [-0.25, -0.2) is 8.78 Å². The fourth-order valence-electron chi connectivity index (χ4n) is 1.90. The Hall–Kier alpha value is -1.46. The molecule has 5 heteroatoms. The van der Waals surface area contributed by atoms with Crippen molar-refractivity contribution in [2.75, 3.05) is 6.54 Å². The van der Waals surface area contributed by atoms with Gasteiger partial charge in [-0.3, -0.25) is 0 Å².